The van der Waals surface area contributed by atoms with Crippen molar-refractivity contribution >= 4 is 44.9 Å². The number of carbonyl (C=O) groups excluding carboxylic acids is 2. The average molecular weight is 366 g/mol. The molecule has 1 atom stereocenters. The van der Waals surface area contributed by atoms with Crippen LogP contribution < -0.4 is 5.32 Å². The number of halogens is 2. The van der Waals surface area contributed by atoms with Crippen LogP contribution in [0.15, 0.2) is 18.2 Å². The van der Waals surface area contributed by atoms with Crippen LogP contribution in [0.25, 0.3) is 0 Å². The third kappa shape index (κ3) is 4.34. The molecule has 0 saturated carbocycles. The summed E-state index contributed by atoms with van der Waals surface area (Å²) in [7, 11) is -3.08. The molecule has 1 aromatic rings. The topological polar surface area (TPSA) is 89.5 Å². The highest BCUT2D eigenvalue weighted by Gasteiger charge is 2.29. The molecule has 9 heteroatoms. The largest absolute Gasteiger partial charge is 0.452 e. The molecule has 2 rings (SSSR count). The monoisotopic (exact) mass is 365 g/mol. The normalized spacial score (nSPS) is 19.6. The minimum atomic E-state index is -3.08. The summed E-state index contributed by atoms with van der Waals surface area (Å²) in [6, 6.07) is 4.05. The highest BCUT2D eigenvalue weighted by Crippen LogP contribution is 2.25. The van der Waals surface area contributed by atoms with Crippen molar-refractivity contribution in [2.45, 2.75) is 12.5 Å². The quantitative estimate of drug-likeness (QED) is 0.815. The molecule has 0 radical (unpaired) electrons. The van der Waals surface area contributed by atoms with Crippen LogP contribution in [0.4, 0.5) is 0 Å². The van der Waals surface area contributed by atoms with Crippen molar-refractivity contribution in [3.8, 4) is 0 Å². The number of rotatable bonds is 4. The van der Waals surface area contributed by atoms with Gasteiger partial charge < -0.3 is 10.1 Å². The van der Waals surface area contributed by atoms with E-state index in [1.54, 1.807) is 0 Å². The fourth-order valence-electron chi connectivity index (χ4n) is 2.05. The van der Waals surface area contributed by atoms with E-state index in [1.165, 1.54) is 18.2 Å². The lowest BCUT2D eigenvalue weighted by Gasteiger charge is -2.11. The van der Waals surface area contributed by atoms with Crippen LogP contribution in [-0.2, 0) is 19.4 Å². The van der Waals surface area contributed by atoms with Crippen molar-refractivity contribution in [3.05, 3.63) is 33.8 Å². The molecular weight excluding hydrogens is 353 g/mol. The number of esters is 1. The van der Waals surface area contributed by atoms with E-state index < -0.39 is 34.4 Å². The Bertz CT molecular complexity index is 704. The Morgan fingerprint density at radius 2 is 2.05 bits per heavy atom. The van der Waals surface area contributed by atoms with Gasteiger partial charge in [-0.3, -0.25) is 4.79 Å². The standard InChI is InChI=1S/C13H13Cl2NO5S/c14-10-3-1-2-9(12(10)15)13(18)21-6-11(17)16-8-4-5-22(19,20)7-8/h1-3,8H,4-7H2,(H,16,17)/t8-/m1/s1. The fraction of sp³-hybridized carbons (Fsp3) is 0.385. The zero-order valence-electron chi connectivity index (χ0n) is 11.3. The number of hydrogen-bond acceptors (Lipinski definition) is 5. The molecular formula is C13H13Cl2NO5S. The van der Waals surface area contributed by atoms with Gasteiger partial charge in [0.2, 0.25) is 0 Å². The first-order chi connectivity index (χ1) is 10.3. The summed E-state index contributed by atoms with van der Waals surface area (Å²) in [5, 5.41) is 2.77. The van der Waals surface area contributed by atoms with Crippen molar-refractivity contribution in [3.63, 3.8) is 0 Å². The summed E-state index contributed by atoms with van der Waals surface area (Å²) in [6.07, 6.45) is 0.363. The van der Waals surface area contributed by atoms with Crippen LogP contribution in [0.2, 0.25) is 10.0 Å². The van der Waals surface area contributed by atoms with Crippen LogP contribution in [0, 0.1) is 0 Å². The number of benzene rings is 1. The lowest BCUT2D eigenvalue weighted by molar-refractivity contribution is -0.124. The van der Waals surface area contributed by atoms with Crippen LogP contribution in [0.5, 0.6) is 0 Å². The molecule has 1 N–H and O–H groups in total. The third-order valence-electron chi connectivity index (χ3n) is 3.10. The van der Waals surface area contributed by atoms with E-state index in [0.717, 1.165) is 0 Å². The van der Waals surface area contributed by atoms with E-state index in [0.29, 0.717) is 6.42 Å². The van der Waals surface area contributed by atoms with Crippen molar-refractivity contribution in [1.29, 1.82) is 0 Å². The van der Waals surface area contributed by atoms with Crippen LogP contribution in [0.1, 0.15) is 16.8 Å². The van der Waals surface area contributed by atoms with Crippen LogP contribution >= 0.6 is 23.2 Å². The second kappa shape index (κ2) is 6.85. The molecule has 1 amide bonds. The molecule has 6 nitrogen and oxygen atoms in total. The Kier molecular flexibility index (Phi) is 5.31. The van der Waals surface area contributed by atoms with Gasteiger partial charge in [0.25, 0.3) is 5.91 Å². The lowest BCUT2D eigenvalue weighted by Crippen LogP contribution is -2.38. The van der Waals surface area contributed by atoms with Gasteiger partial charge in [0.05, 0.1) is 27.1 Å². The molecule has 0 unspecified atom stereocenters. The van der Waals surface area contributed by atoms with Gasteiger partial charge in [-0.25, -0.2) is 13.2 Å². The Balaban J connectivity index is 1.86. The summed E-state index contributed by atoms with van der Waals surface area (Å²) < 4.78 is 27.4. The predicted octanol–water partition coefficient (Wildman–Crippen LogP) is 1.45. The molecule has 0 spiro atoms. The molecule has 1 fully saturated rings. The van der Waals surface area contributed by atoms with Crippen molar-refractivity contribution in [1.82, 2.24) is 5.32 Å². The molecule has 1 aromatic carbocycles. The van der Waals surface area contributed by atoms with Crippen LogP contribution in [-0.4, -0.2) is 44.4 Å². The van der Waals surface area contributed by atoms with Gasteiger partial charge in [-0.05, 0) is 18.6 Å². The number of nitrogens with one attached hydrogen (secondary N) is 1. The van der Waals surface area contributed by atoms with Crippen LogP contribution in [0.3, 0.4) is 0 Å². The first-order valence-corrected chi connectivity index (χ1v) is 8.97. The van der Waals surface area contributed by atoms with E-state index in [9.17, 15) is 18.0 Å². The first-order valence-electron chi connectivity index (χ1n) is 6.39. The minimum absolute atomic E-state index is 0.0514. The van der Waals surface area contributed by atoms with Gasteiger partial charge in [-0.1, -0.05) is 29.3 Å². The summed E-state index contributed by atoms with van der Waals surface area (Å²) in [5.41, 5.74) is 0.0606. The number of ether oxygens (including phenoxy) is 1. The van der Waals surface area contributed by atoms with Gasteiger partial charge in [-0.2, -0.15) is 0 Å². The lowest BCUT2D eigenvalue weighted by atomic mass is 10.2. The van der Waals surface area contributed by atoms with E-state index in [4.69, 9.17) is 27.9 Å². The van der Waals surface area contributed by atoms with E-state index in [2.05, 4.69) is 5.32 Å². The fourth-order valence-corrected chi connectivity index (χ4v) is 4.10. The number of hydrogen-bond donors (Lipinski definition) is 1. The predicted molar refractivity (Wildman–Crippen MR) is 81.9 cm³/mol. The Labute approximate surface area is 137 Å². The maximum Gasteiger partial charge on any atom is 0.340 e. The van der Waals surface area contributed by atoms with Gasteiger partial charge in [-0.15, -0.1) is 0 Å². The molecule has 1 aliphatic heterocycles. The summed E-state index contributed by atoms with van der Waals surface area (Å²) in [4.78, 5) is 23.5. The van der Waals surface area contributed by atoms with Gasteiger partial charge in [0, 0.05) is 6.04 Å². The van der Waals surface area contributed by atoms with E-state index in [1.807, 2.05) is 0 Å². The average Bonchev–Trinajstić information content (AvgIpc) is 2.78. The Morgan fingerprint density at radius 3 is 2.68 bits per heavy atom. The Hall–Kier alpha value is -1.31. The molecule has 0 aliphatic carbocycles. The zero-order chi connectivity index (χ0) is 16.3. The molecule has 0 bridgehead atoms. The molecule has 1 aliphatic rings. The summed E-state index contributed by atoms with van der Waals surface area (Å²) in [5.74, 6) is -1.38. The molecule has 0 aromatic heterocycles. The SMILES string of the molecule is O=C(COC(=O)c1cccc(Cl)c1Cl)N[C@@H]1CCS(=O)(=O)C1. The number of amides is 1. The molecule has 22 heavy (non-hydrogen) atoms. The maximum atomic E-state index is 11.8. The van der Waals surface area contributed by atoms with Gasteiger partial charge >= 0.3 is 5.97 Å². The summed E-state index contributed by atoms with van der Waals surface area (Å²) >= 11 is 11.7. The third-order valence-corrected chi connectivity index (χ3v) is 5.69. The van der Waals surface area contributed by atoms with E-state index >= 15 is 0 Å². The zero-order valence-corrected chi connectivity index (χ0v) is 13.7. The molecule has 1 saturated heterocycles. The second-order valence-corrected chi connectivity index (χ2v) is 7.86. The van der Waals surface area contributed by atoms with Crippen molar-refractivity contribution in [2.75, 3.05) is 18.1 Å². The highest BCUT2D eigenvalue weighted by molar-refractivity contribution is 7.91. The van der Waals surface area contributed by atoms with Crippen molar-refractivity contribution < 1.29 is 22.7 Å². The number of sulfone groups is 1. The minimum Gasteiger partial charge on any atom is -0.452 e. The number of carbonyl (C=O) groups is 2. The second-order valence-electron chi connectivity index (χ2n) is 4.84. The van der Waals surface area contributed by atoms with Crippen molar-refractivity contribution in [2.24, 2.45) is 0 Å². The van der Waals surface area contributed by atoms with E-state index in [-0.39, 0.29) is 27.1 Å². The Morgan fingerprint density at radius 1 is 1.32 bits per heavy atom. The molecule has 120 valence electrons. The smallest absolute Gasteiger partial charge is 0.340 e. The summed E-state index contributed by atoms with van der Waals surface area (Å²) in [6.45, 7) is -0.516. The highest BCUT2D eigenvalue weighted by atomic mass is 35.5. The van der Waals surface area contributed by atoms with Gasteiger partial charge in [0.1, 0.15) is 0 Å². The van der Waals surface area contributed by atoms with Gasteiger partial charge in [0.15, 0.2) is 16.4 Å². The first kappa shape index (κ1) is 17.1. The molecule has 1 heterocycles. The maximum absolute atomic E-state index is 11.8.